The van der Waals surface area contributed by atoms with Crippen molar-refractivity contribution in [3.05, 3.63) is 35.9 Å². The molecule has 1 aromatic carbocycles. The number of fused-ring (bicyclic) bond motifs is 2. The molecule has 4 nitrogen and oxygen atoms in total. The molecular formula is C21H30N2O2. The van der Waals surface area contributed by atoms with Crippen molar-refractivity contribution in [2.75, 3.05) is 46.9 Å². The Kier molecular flexibility index (Phi) is 5.00. The predicted molar refractivity (Wildman–Crippen MR) is 100 cm³/mol. The molecule has 1 aliphatic heterocycles. The van der Waals surface area contributed by atoms with Gasteiger partial charge in [-0.2, -0.15) is 0 Å². The molecule has 1 aromatic rings. The van der Waals surface area contributed by atoms with E-state index < -0.39 is 0 Å². The molecule has 0 N–H and O–H groups in total. The normalized spacial score (nSPS) is 29.3. The highest BCUT2D eigenvalue weighted by Crippen LogP contribution is 2.43. The third-order valence-corrected chi connectivity index (χ3v) is 6.25. The van der Waals surface area contributed by atoms with Gasteiger partial charge >= 0.3 is 0 Å². The Hall–Kier alpha value is -1.52. The minimum Gasteiger partial charge on any atom is -0.493 e. The van der Waals surface area contributed by atoms with Crippen molar-refractivity contribution in [3.63, 3.8) is 0 Å². The second-order valence-electron chi connectivity index (χ2n) is 7.77. The van der Waals surface area contributed by atoms with Crippen LogP contribution >= 0.6 is 0 Å². The van der Waals surface area contributed by atoms with Crippen molar-refractivity contribution in [3.8, 4) is 11.5 Å². The number of para-hydroxylation sites is 1. The van der Waals surface area contributed by atoms with Crippen LogP contribution in [0.25, 0.3) is 0 Å². The lowest BCUT2D eigenvalue weighted by Gasteiger charge is -2.37. The van der Waals surface area contributed by atoms with E-state index in [1.54, 1.807) is 14.2 Å². The highest BCUT2D eigenvalue weighted by atomic mass is 16.5. The Bertz CT molecular complexity index is 622. The van der Waals surface area contributed by atoms with Crippen LogP contribution in [0.2, 0.25) is 0 Å². The number of benzene rings is 1. The highest BCUT2D eigenvalue weighted by molar-refractivity contribution is 5.46. The molecule has 0 radical (unpaired) electrons. The summed E-state index contributed by atoms with van der Waals surface area (Å²) in [5, 5.41) is 0. The quantitative estimate of drug-likeness (QED) is 0.742. The molecule has 0 aromatic heterocycles. The summed E-state index contributed by atoms with van der Waals surface area (Å²) in [5.74, 6) is 4.35. The van der Waals surface area contributed by atoms with Gasteiger partial charge in [-0.3, -0.25) is 4.90 Å². The first-order valence-electron chi connectivity index (χ1n) is 9.59. The van der Waals surface area contributed by atoms with Crippen LogP contribution in [-0.4, -0.2) is 56.7 Å². The van der Waals surface area contributed by atoms with Crippen molar-refractivity contribution in [1.82, 2.24) is 9.80 Å². The summed E-state index contributed by atoms with van der Waals surface area (Å²) in [6.07, 6.45) is 7.76. The number of ether oxygens (including phenoxy) is 2. The average Bonchev–Trinajstić information content (AvgIpc) is 3.26. The molecule has 2 fully saturated rings. The third-order valence-electron chi connectivity index (χ3n) is 6.25. The first kappa shape index (κ1) is 16.9. The van der Waals surface area contributed by atoms with Gasteiger partial charge in [0.05, 0.1) is 14.2 Å². The van der Waals surface area contributed by atoms with E-state index in [0.29, 0.717) is 0 Å². The second kappa shape index (κ2) is 7.38. The molecule has 0 unspecified atom stereocenters. The van der Waals surface area contributed by atoms with E-state index in [2.05, 4.69) is 34.1 Å². The minimum atomic E-state index is 0.822. The summed E-state index contributed by atoms with van der Waals surface area (Å²) >= 11 is 0. The summed E-state index contributed by atoms with van der Waals surface area (Å²) in [6, 6.07) is 6.16. The topological polar surface area (TPSA) is 24.9 Å². The number of allylic oxidation sites excluding steroid dienone is 2. The molecule has 3 atom stereocenters. The summed E-state index contributed by atoms with van der Waals surface area (Å²) in [5.41, 5.74) is 1.22. The Morgan fingerprint density at radius 3 is 2.40 bits per heavy atom. The van der Waals surface area contributed by atoms with Gasteiger partial charge in [0.1, 0.15) is 0 Å². The third kappa shape index (κ3) is 3.56. The highest BCUT2D eigenvalue weighted by Gasteiger charge is 2.36. The van der Waals surface area contributed by atoms with E-state index in [-0.39, 0.29) is 0 Å². The summed E-state index contributed by atoms with van der Waals surface area (Å²) in [7, 11) is 3.42. The molecule has 2 aliphatic carbocycles. The van der Waals surface area contributed by atoms with Crippen LogP contribution in [0.3, 0.4) is 0 Å². The zero-order valence-corrected chi connectivity index (χ0v) is 15.5. The number of piperazine rings is 1. The van der Waals surface area contributed by atoms with Gasteiger partial charge in [-0.05, 0) is 36.7 Å². The van der Waals surface area contributed by atoms with Gasteiger partial charge in [-0.25, -0.2) is 0 Å². The van der Waals surface area contributed by atoms with Crippen molar-refractivity contribution in [1.29, 1.82) is 0 Å². The molecule has 136 valence electrons. The van der Waals surface area contributed by atoms with Crippen LogP contribution in [0.5, 0.6) is 11.5 Å². The molecule has 2 bridgehead atoms. The van der Waals surface area contributed by atoms with Gasteiger partial charge in [-0.15, -0.1) is 0 Å². The van der Waals surface area contributed by atoms with Gasteiger partial charge in [0.15, 0.2) is 11.5 Å². The van der Waals surface area contributed by atoms with E-state index in [0.717, 1.165) is 48.9 Å². The van der Waals surface area contributed by atoms with Crippen molar-refractivity contribution < 1.29 is 9.47 Å². The van der Waals surface area contributed by atoms with E-state index in [4.69, 9.17) is 9.47 Å². The SMILES string of the molecule is COc1cccc(CN2CCN(C[C@@H]3C[C@@H]4C=C[C@H]3C4)CC2)c1OC. The van der Waals surface area contributed by atoms with Crippen LogP contribution in [-0.2, 0) is 6.54 Å². The lowest BCUT2D eigenvalue weighted by Crippen LogP contribution is -2.47. The molecule has 0 spiro atoms. The van der Waals surface area contributed by atoms with Crippen molar-refractivity contribution >= 4 is 0 Å². The van der Waals surface area contributed by atoms with E-state index in [1.165, 1.54) is 38.0 Å². The first-order valence-corrected chi connectivity index (χ1v) is 9.59. The largest absolute Gasteiger partial charge is 0.493 e. The van der Waals surface area contributed by atoms with Crippen LogP contribution in [0, 0.1) is 17.8 Å². The summed E-state index contributed by atoms with van der Waals surface area (Å²) in [6.45, 7) is 6.87. The monoisotopic (exact) mass is 342 g/mol. The Morgan fingerprint density at radius 2 is 1.76 bits per heavy atom. The van der Waals surface area contributed by atoms with E-state index >= 15 is 0 Å². The standard InChI is InChI=1S/C21H30N2O2/c1-24-20-5-3-4-18(21(20)25-2)14-22-8-10-23(11-9-22)15-19-13-16-6-7-17(19)12-16/h3-7,16-17,19H,8-15H2,1-2H3/t16-,17+,19+/m1/s1. The Morgan fingerprint density at radius 1 is 0.960 bits per heavy atom. The molecule has 1 heterocycles. The lowest BCUT2D eigenvalue weighted by atomic mass is 9.93. The Labute approximate surface area is 151 Å². The van der Waals surface area contributed by atoms with Gasteiger partial charge in [0.2, 0.25) is 0 Å². The predicted octanol–water partition coefficient (Wildman–Crippen LogP) is 3.03. The molecule has 0 amide bonds. The van der Waals surface area contributed by atoms with E-state index in [9.17, 15) is 0 Å². The van der Waals surface area contributed by atoms with Gasteiger partial charge in [-0.1, -0.05) is 24.3 Å². The second-order valence-corrected chi connectivity index (χ2v) is 7.77. The van der Waals surface area contributed by atoms with Gasteiger partial charge < -0.3 is 14.4 Å². The molecular weight excluding hydrogens is 312 g/mol. The molecule has 4 rings (SSSR count). The number of methoxy groups -OCH3 is 2. The minimum absolute atomic E-state index is 0.822. The fourth-order valence-electron chi connectivity index (χ4n) is 4.89. The number of nitrogens with zero attached hydrogens (tertiary/aromatic N) is 2. The first-order chi connectivity index (χ1) is 12.3. The van der Waals surface area contributed by atoms with Crippen LogP contribution in [0.1, 0.15) is 18.4 Å². The van der Waals surface area contributed by atoms with Crippen molar-refractivity contribution in [2.45, 2.75) is 19.4 Å². The van der Waals surface area contributed by atoms with Gasteiger partial charge in [0.25, 0.3) is 0 Å². The number of hydrogen-bond donors (Lipinski definition) is 0. The van der Waals surface area contributed by atoms with Gasteiger partial charge in [0, 0.05) is 44.8 Å². The average molecular weight is 342 g/mol. The van der Waals surface area contributed by atoms with E-state index in [1.807, 2.05) is 6.07 Å². The number of rotatable bonds is 6. The molecule has 1 saturated heterocycles. The van der Waals surface area contributed by atoms with Crippen LogP contribution in [0.15, 0.2) is 30.4 Å². The fraction of sp³-hybridized carbons (Fsp3) is 0.619. The molecule has 25 heavy (non-hydrogen) atoms. The maximum atomic E-state index is 5.58. The Balaban J connectivity index is 1.30. The smallest absolute Gasteiger partial charge is 0.165 e. The lowest BCUT2D eigenvalue weighted by molar-refractivity contribution is 0.108. The summed E-state index contributed by atoms with van der Waals surface area (Å²) < 4.78 is 11.0. The molecule has 3 aliphatic rings. The molecule has 4 heteroatoms. The maximum absolute atomic E-state index is 5.58. The number of hydrogen-bond acceptors (Lipinski definition) is 4. The zero-order chi connectivity index (χ0) is 17.2. The summed E-state index contributed by atoms with van der Waals surface area (Å²) in [4.78, 5) is 5.22. The fourth-order valence-corrected chi connectivity index (χ4v) is 4.89. The van der Waals surface area contributed by atoms with Crippen molar-refractivity contribution in [2.24, 2.45) is 17.8 Å². The maximum Gasteiger partial charge on any atom is 0.165 e. The zero-order valence-electron chi connectivity index (χ0n) is 15.5. The van der Waals surface area contributed by atoms with Crippen LogP contribution < -0.4 is 9.47 Å². The van der Waals surface area contributed by atoms with Crippen LogP contribution in [0.4, 0.5) is 0 Å². The molecule has 1 saturated carbocycles.